The van der Waals surface area contributed by atoms with E-state index >= 15 is 0 Å². The minimum atomic E-state index is -4.26. The van der Waals surface area contributed by atoms with Crippen molar-refractivity contribution < 1.29 is 18.0 Å². The summed E-state index contributed by atoms with van der Waals surface area (Å²) >= 11 is 4.25. The second-order valence-electron chi connectivity index (χ2n) is 1.29. The highest BCUT2D eigenvalue weighted by Crippen LogP contribution is 2.23. The van der Waals surface area contributed by atoms with Crippen molar-refractivity contribution in [3.8, 4) is 0 Å². The molecular weight excluding hydrogens is 158 g/mol. The Bertz CT molecular complexity index is 126. The van der Waals surface area contributed by atoms with Gasteiger partial charge in [0.15, 0.2) is 0 Å². The topological polar surface area (TPSA) is 43.1 Å². The van der Waals surface area contributed by atoms with E-state index in [2.05, 4.69) is 17.3 Å². The summed E-state index contributed by atoms with van der Waals surface area (Å²) in [7, 11) is 0. The highest BCUT2D eigenvalue weighted by Gasteiger charge is 2.45. The van der Waals surface area contributed by atoms with Crippen LogP contribution in [0.15, 0.2) is 0 Å². The fourth-order valence-electron chi connectivity index (χ4n) is 0.108. The number of hydrogen-bond donors (Lipinski definition) is 1. The summed E-state index contributed by atoms with van der Waals surface area (Å²) in [5.41, 5.74) is 1.01. The number of halogens is 4. The molecule has 9 heavy (non-hydrogen) atoms. The molecule has 0 radical (unpaired) electrons. The van der Waals surface area contributed by atoms with Gasteiger partial charge in [0.05, 0.1) is 0 Å². The zero-order chi connectivity index (χ0) is 7.65. The second-order valence-corrected chi connectivity index (χ2v) is 1.67. The van der Waals surface area contributed by atoms with Gasteiger partial charge in [-0.15, -0.1) is 0 Å². The molecular formula is C3H3ClF3NO. The van der Waals surface area contributed by atoms with Crippen LogP contribution in [0.3, 0.4) is 0 Å². The monoisotopic (exact) mass is 161 g/mol. The van der Waals surface area contributed by atoms with Gasteiger partial charge in [-0.3, -0.25) is 4.79 Å². The van der Waals surface area contributed by atoms with Gasteiger partial charge in [-0.25, -0.2) is 4.39 Å². The molecule has 0 spiro atoms. The molecule has 0 rings (SSSR count). The molecule has 6 heteroatoms. The molecule has 0 aliphatic heterocycles. The number of rotatable bonds is 2. The minimum Gasteiger partial charge on any atom is -0.364 e. The molecule has 2 nitrogen and oxygen atoms in total. The summed E-state index contributed by atoms with van der Waals surface area (Å²) in [6.07, 6.45) is 0. The summed E-state index contributed by atoms with van der Waals surface area (Å²) in [6, 6.07) is 0. The number of hydrogen-bond acceptors (Lipinski definition) is 1. The fourth-order valence-corrected chi connectivity index (χ4v) is 0.215. The van der Waals surface area contributed by atoms with Gasteiger partial charge in [-0.2, -0.15) is 8.78 Å². The minimum absolute atomic E-state index is 2.06. The lowest BCUT2D eigenvalue weighted by molar-refractivity contribution is -0.146. The maximum atomic E-state index is 11.7. The molecule has 2 N–H and O–H groups in total. The lowest BCUT2D eigenvalue weighted by Gasteiger charge is -2.09. The first-order valence-electron chi connectivity index (χ1n) is 1.85. The number of carbonyl (C=O) groups excluding carboxylic acids is 1. The third-order valence-corrected chi connectivity index (χ3v) is 0.877. The number of carbonyl (C=O) groups is 1. The van der Waals surface area contributed by atoms with Crippen molar-refractivity contribution in [1.82, 2.24) is 0 Å². The molecule has 0 aromatic rings. The van der Waals surface area contributed by atoms with Gasteiger partial charge in [0.1, 0.15) is 0 Å². The van der Waals surface area contributed by atoms with E-state index in [0.717, 1.165) is 0 Å². The Morgan fingerprint density at radius 2 is 2.00 bits per heavy atom. The van der Waals surface area contributed by atoms with Gasteiger partial charge in [-0.1, -0.05) is 11.6 Å². The molecule has 1 amide bonds. The Morgan fingerprint density at radius 1 is 1.67 bits per heavy atom. The van der Waals surface area contributed by atoms with E-state index in [1.54, 1.807) is 0 Å². The van der Waals surface area contributed by atoms with E-state index < -0.39 is 17.5 Å². The van der Waals surface area contributed by atoms with Crippen LogP contribution in [0, 0.1) is 0 Å². The van der Waals surface area contributed by atoms with Crippen molar-refractivity contribution >= 4 is 17.5 Å². The molecule has 0 fully saturated rings. The first kappa shape index (κ1) is 8.55. The van der Waals surface area contributed by atoms with Gasteiger partial charge in [0, 0.05) is 0 Å². The van der Waals surface area contributed by atoms with Gasteiger partial charge < -0.3 is 5.73 Å². The largest absolute Gasteiger partial charge is 0.368 e. The predicted molar refractivity (Wildman–Crippen MR) is 24.9 cm³/mol. The Hall–Kier alpha value is -0.450. The van der Waals surface area contributed by atoms with E-state index in [1.165, 1.54) is 0 Å². The van der Waals surface area contributed by atoms with Gasteiger partial charge in [0.25, 0.3) is 5.91 Å². The number of nitrogens with two attached hydrogens (primary N) is 1. The van der Waals surface area contributed by atoms with Gasteiger partial charge in [-0.05, 0) is 0 Å². The zero-order valence-corrected chi connectivity index (χ0v) is 4.83. The number of alkyl halides is 4. The quantitative estimate of drug-likeness (QED) is 0.594. The van der Waals surface area contributed by atoms with Crippen molar-refractivity contribution in [2.75, 3.05) is 0 Å². The smallest absolute Gasteiger partial charge is 0.364 e. The average molecular weight is 162 g/mol. The molecule has 0 aliphatic carbocycles. The summed E-state index contributed by atoms with van der Waals surface area (Å²) in [5.74, 6) is -6.33. The molecule has 0 aliphatic rings. The Kier molecular flexibility index (Phi) is 2.31. The Morgan fingerprint density at radius 3 is 2.00 bits per heavy atom. The van der Waals surface area contributed by atoms with E-state index in [1.807, 2.05) is 0 Å². The molecule has 1 unspecified atom stereocenters. The van der Waals surface area contributed by atoms with Gasteiger partial charge in [0.2, 0.25) is 5.63 Å². The van der Waals surface area contributed by atoms with E-state index in [-0.39, 0.29) is 0 Å². The fraction of sp³-hybridized carbons (Fsp3) is 0.667. The van der Waals surface area contributed by atoms with Crippen LogP contribution in [-0.4, -0.2) is 17.5 Å². The maximum absolute atomic E-state index is 11.7. The van der Waals surface area contributed by atoms with E-state index in [4.69, 9.17) is 0 Å². The highest BCUT2D eigenvalue weighted by molar-refractivity contribution is 6.22. The van der Waals surface area contributed by atoms with Crippen molar-refractivity contribution in [1.29, 1.82) is 0 Å². The molecule has 0 saturated heterocycles. The number of primary amides is 1. The van der Waals surface area contributed by atoms with Crippen LogP contribution in [0.5, 0.6) is 0 Å². The lowest BCUT2D eigenvalue weighted by atomic mass is 10.3. The molecule has 0 aromatic carbocycles. The zero-order valence-electron chi connectivity index (χ0n) is 4.07. The van der Waals surface area contributed by atoms with E-state index in [9.17, 15) is 18.0 Å². The van der Waals surface area contributed by atoms with Crippen LogP contribution in [-0.2, 0) is 4.79 Å². The average Bonchev–Trinajstić information content (AvgIpc) is 1.65. The van der Waals surface area contributed by atoms with Crippen LogP contribution < -0.4 is 5.73 Å². The standard InChI is InChI=1S/C3H3ClF3NO/c4-1(5)3(6,7)2(8)9/h1H,(H2,8,9). The van der Waals surface area contributed by atoms with Crippen molar-refractivity contribution in [3.05, 3.63) is 0 Å². The third-order valence-electron chi connectivity index (χ3n) is 0.603. The third kappa shape index (κ3) is 1.74. The van der Waals surface area contributed by atoms with Crippen LogP contribution in [0.4, 0.5) is 13.2 Å². The maximum Gasteiger partial charge on any atom is 0.368 e. The first-order valence-corrected chi connectivity index (χ1v) is 2.28. The van der Waals surface area contributed by atoms with Crippen LogP contribution in [0.1, 0.15) is 0 Å². The number of amides is 1. The molecule has 0 saturated carbocycles. The first-order chi connectivity index (χ1) is 3.89. The summed E-state index contributed by atoms with van der Waals surface area (Å²) in [6.45, 7) is 0. The Balaban J connectivity index is 4.19. The van der Waals surface area contributed by atoms with Gasteiger partial charge >= 0.3 is 5.92 Å². The van der Waals surface area contributed by atoms with Crippen molar-refractivity contribution in [3.63, 3.8) is 0 Å². The molecule has 54 valence electrons. The normalized spacial score (nSPS) is 15.1. The second kappa shape index (κ2) is 2.43. The molecule has 0 heterocycles. The van der Waals surface area contributed by atoms with Crippen LogP contribution >= 0.6 is 11.6 Å². The summed E-state index contributed by atoms with van der Waals surface area (Å²) in [4.78, 5) is 9.61. The molecule has 1 atom stereocenters. The predicted octanol–water partition coefficient (Wildman–Crippen LogP) is 0.641. The summed E-state index contributed by atoms with van der Waals surface area (Å²) in [5, 5.41) is 0. The Labute approximate surface area is 53.8 Å². The van der Waals surface area contributed by atoms with Crippen LogP contribution in [0.2, 0.25) is 0 Å². The van der Waals surface area contributed by atoms with E-state index in [0.29, 0.717) is 0 Å². The highest BCUT2D eigenvalue weighted by atomic mass is 35.5. The van der Waals surface area contributed by atoms with Crippen molar-refractivity contribution in [2.24, 2.45) is 5.73 Å². The molecule has 0 aromatic heterocycles. The van der Waals surface area contributed by atoms with Crippen molar-refractivity contribution in [2.45, 2.75) is 11.6 Å². The lowest BCUT2D eigenvalue weighted by Crippen LogP contribution is -2.41. The molecule has 0 bridgehead atoms. The van der Waals surface area contributed by atoms with Crippen LogP contribution in [0.25, 0.3) is 0 Å². The summed E-state index contributed by atoms with van der Waals surface area (Å²) < 4.78 is 34.8. The SMILES string of the molecule is NC(=O)C(F)(F)C(F)Cl.